The lowest BCUT2D eigenvalue weighted by molar-refractivity contribution is 0.378. The van der Waals surface area contributed by atoms with Crippen molar-refractivity contribution in [2.45, 2.75) is 0 Å². The Morgan fingerprint density at radius 1 is 1.40 bits per heavy atom. The first kappa shape index (κ1) is 9.34. The van der Waals surface area contributed by atoms with E-state index in [9.17, 15) is 0 Å². The molecule has 0 aliphatic carbocycles. The minimum Gasteiger partial charge on any atom is -0.467 e. The molecule has 0 aliphatic rings. The summed E-state index contributed by atoms with van der Waals surface area (Å²) in [4.78, 5) is 15.8. The van der Waals surface area contributed by atoms with Crippen LogP contribution in [0.5, 0.6) is 6.01 Å². The van der Waals surface area contributed by atoms with Gasteiger partial charge in [-0.15, -0.1) is 0 Å². The Morgan fingerprint density at radius 2 is 2.27 bits per heavy atom. The second-order valence-corrected chi connectivity index (χ2v) is 2.56. The van der Waals surface area contributed by atoms with Gasteiger partial charge in [0.2, 0.25) is 11.9 Å². The fourth-order valence-corrected chi connectivity index (χ4v) is 0.995. The van der Waals surface area contributed by atoms with E-state index in [0.29, 0.717) is 5.95 Å². The summed E-state index contributed by atoms with van der Waals surface area (Å²) in [5.74, 6) is 5.82. The van der Waals surface area contributed by atoms with Crippen LogP contribution < -0.4 is 16.0 Å². The van der Waals surface area contributed by atoms with Crippen LogP contribution in [0.1, 0.15) is 0 Å². The van der Waals surface area contributed by atoms with Crippen LogP contribution in [0, 0.1) is 0 Å². The Kier molecular flexibility index (Phi) is 2.42. The van der Waals surface area contributed by atoms with Crippen LogP contribution in [0.2, 0.25) is 0 Å². The summed E-state index contributed by atoms with van der Waals surface area (Å²) in [6, 6.07) is 0.182. The van der Waals surface area contributed by atoms with Crippen LogP contribution in [-0.2, 0) is 0 Å². The maximum atomic E-state index is 5.21. The molecule has 0 saturated heterocycles. The van der Waals surface area contributed by atoms with Gasteiger partial charge in [-0.25, -0.2) is 10.8 Å². The van der Waals surface area contributed by atoms with Gasteiger partial charge < -0.3 is 4.74 Å². The first-order chi connectivity index (χ1) is 7.33. The molecule has 8 nitrogen and oxygen atoms in total. The molecule has 2 heterocycles. The highest BCUT2D eigenvalue weighted by atomic mass is 16.5. The second kappa shape index (κ2) is 3.88. The summed E-state index contributed by atoms with van der Waals surface area (Å²) in [6.07, 6.45) is 4.88. The third-order valence-corrected chi connectivity index (χ3v) is 1.65. The first-order valence-electron chi connectivity index (χ1n) is 4.08. The number of nitrogen functional groups attached to an aromatic ring is 1. The normalized spacial score (nSPS) is 10.0. The number of nitrogens with one attached hydrogen (secondary N) is 1. The number of imidazole rings is 1. The molecule has 78 valence electrons. The van der Waals surface area contributed by atoms with Crippen molar-refractivity contribution in [3.8, 4) is 12.0 Å². The number of hydrogen-bond acceptors (Lipinski definition) is 7. The monoisotopic (exact) mass is 207 g/mol. The minimum absolute atomic E-state index is 0.182. The van der Waals surface area contributed by atoms with E-state index in [2.05, 4.69) is 25.4 Å². The number of aromatic nitrogens is 5. The number of anilines is 1. The number of methoxy groups -OCH3 is 1. The standard InChI is InChI=1S/C7H9N7O/c1-15-7-11-5(13-8)10-6(12-7)14-3-2-9-4-14/h2-4H,8H2,1H3,(H,10,11,12,13). The van der Waals surface area contributed by atoms with Gasteiger partial charge in [0, 0.05) is 12.4 Å². The van der Waals surface area contributed by atoms with Crippen LogP contribution in [0.3, 0.4) is 0 Å². The Morgan fingerprint density at radius 3 is 2.87 bits per heavy atom. The molecule has 0 amide bonds. The van der Waals surface area contributed by atoms with Crippen molar-refractivity contribution in [2.24, 2.45) is 5.84 Å². The highest BCUT2D eigenvalue weighted by molar-refractivity contribution is 5.28. The lowest BCUT2D eigenvalue weighted by atomic mass is 10.8. The van der Waals surface area contributed by atoms with Crippen LogP contribution in [0.25, 0.3) is 5.95 Å². The largest absolute Gasteiger partial charge is 0.467 e. The van der Waals surface area contributed by atoms with E-state index in [0.717, 1.165) is 0 Å². The van der Waals surface area contributed by atoms with Gasteiger partial charge in [0.25, 0.3) is 0 Å². The molecule has 0 atom stereocenters. The molecule has 15 heavy (non-hydrogen) atoms. The summed E-state index contributed by atoms with van der Waals surface area (Å²) in [6.45, 7) is 0. The fraction of sp³-hybridized carbons (Fsp3) is 0.143. The molecule has 0 bridgehead atoms. The number of nitrogens with two attached hydrogens (primary N) is 1. The predicted molar refractivity (Wildman–Crippen MR) is 51.3 cm³/mol. The molecule has 2 aromatic heterocycles. The highest BCUT2D eigenvalue weighted by Gasteiger charge is 2.06. The van der Waals surface area contributed by atoms with Gasteiger partial charge in [-0.05, 0) is 0 Å². The van der Waals surface area contributed by atoms with Gasteiger partial charge in [-0.2, -0.15) is 15.0 Å². The summed E-state index contributed by atoms with van der Waals surface area (Å²) < 4.78 is 6.52. The van der Waals surface area contributed by atoms with Crippen LogP contribution in [0.4, 0.5) is 5.95 Å². The molecular formula is C7H9N7O. The quantitative estimate of drug-likeness (QED) is 0.509. The second-order valence-electron chi connectivity index (χ2n) is 2.56. The average molecular weight is 207 g/mol. The maximum Gasteiger partial charge on any atom is 0.322 e. The van der Waals surface area contributed by atoms with Crippen molar-refractivity contribution in [3.63, 3.8) is 0 Å². The lowest BCUT2D eigenvalue weighted by Crippen LogP contribution is -2.13. The van der Waals surface area contributed by atoms with Crippen molar-refractivity contribution >= 4 is 5.95 Å². The Bertz CT molecular complexity index is 418. The van der Waals surface area contributed by atoms with Crippen LogP contribution in [0.15, 0.2) is 18.7 Å². The fourth-order valence-electron chi connectivity index (χ4n) is 0.995. The Balaban J connectivity index is 2.47. The topological polar surface area (TPSA) is 104 Å². The smallest absolute Gasteiger partial charge is 0.322 e. The first-order valence-corrected chi connectivity index (χ1v) is 4.08. The molecule has 2 rings (SSSR count). The number of hydrazine groups is 1. The van der Waals surface area contributed by atoms with Gasteiger partial charge in [0.15, 0.2) is 0 Å². The van der Waals surface area contributed by atoms with Gasteiger partial charge in [0.05, 0.1) is 7.11 Å². The van der Waals surface area contributed by atoms with E-state index >= 15 is 0 Å². The van der Waals surface area contributed by atoms with E-state index in [-0.39, 0.29) is 12.0 Å². The number of nitrogens with zero attached hydrogens (tertiary/aromatic N) is 5. The third kappa shape index (κ3) is 1.83. The molecule has 2 aromatic rings. The molecule has 0 aliphatic heterocycles. The van der Waals surface area contributed by atoms with Crippen molar-refractivity contribution < 1.29 is 4.74 Å². The van der Waals surface area contributed by atoms with Crippen molar-refractivity contribution in [1.29, 1.82) is 0 Å². The van der Waals surface area contributed by atoms with Crippen LogP contribution >= 0.6 is 0 Å². The van der Waals surface area contributed by atoms with E-state index < -0.39 is 0 Å². The Hall–Kier alpha value is -2.22. The van der Waals surface area contributed by atoms with Gasteiger partial charge in [-0.3, -0.25) is 9.99 Å². The molecule has 0 radical (unpaired) electrons. The van der Waals surface area contributed by atoms with Crippen LogP contribution in [-0.4, -0.2) is 31.6 Å². The zero-order valence-electron chi connectivity index (χ0n) is 7.95. The van der Waals surface area contributed by atoms with Gasteiger partial charge >= 0.3 is 6.01 Å². The SMILES string of the molecule is COc1nc(NN)nc(-n2ccnc2)n1. The summed E-state index contributed by atoms with van der Waals surface area (Å²) in [7, 11) is 1.47. The number of rotatable bonds is 3. The molecule has 0 spiro atoms. The van der Waals surface area contributed by atoms with Crippen molar-refractivity contribution in [2.75, 3.05) is 12.5 Å². The molecule has 0 unspecified atom stereocenters. The predicted octanol–water partition coefficient (Wildman–Crippen LogP) is -0.649. The third-order valence-electron chi connectivity index (χ3n) is 1.65. The summed E-state index contributed by atoms with van der Waals surface area (Å²) in [5, 5.41) is 0. The van der Waals surface area contributed by atoms with Crippen molar-refractivity contribution in [1.82, 2.24) is 24.5 Å². The lowest BCUT2D eigenvalue weighted by Gasteiger charge is -2.04. The molecule has 0 aromatic carbocycles. The molecule has 8 heteroatoms. The zero-order chi connectivity index (χ0) is 10.7. The summed E-state index contributed by atoms with van der Waals surface area (Å²) >= 11 is 0. The highest BCUT2D eigenvalue weighted by Crippen LogP contribution is 2.09. The van der Waals surface area contributed by atoms with E-state index in [1.165, 1.54) is 7.11 Å². The van der Waals surface area contributed by atoms with Gasteiger partial charge in [0.1, 0.15) is 6.33 Å². The molecule has 0 saturated carbocycles. The molecular weight excluding hydrogens is 198 g/mol. The number of hydrogen-bond donors (Lipinski definition) is 2. The molecule has 3 N–H and O–H groups in total. The van der Waals surface area contributed by atoms with E-state index in [1.54, 1.807) is 23.3 Å². The van der Waals surface area contributed by atoms with E-state index in [4.69, 9.17) is 10.6 Å². The molecule has 0 fully saturated rings. The average Bonchev–Trinajstić information content (AvgIpc) is 2.81. The zero-order valence-corrected chi connectivity index (χ0v) is 7.95. The number of ether oxygens (including phenoxy) is 1. The maximum absolute atomic E-state index is 5.21. The Labute approximate surface area is 85.1 Å². The minimum atomic E-state index is 0.182. The summed E-state index contributed by atoms with van der Waals surface area (Å²) in [5.41, 5.74) is 2.33. The van der Waals surface area contributed by atoms with Gasteiger partial charge in [-0.1, -0.05) is 0 Å². The van der Waals surface area contributed by atoms with Crippen molar-refractivity contribution in [3.05, 3.63) is 18.7 Å². The van der Waals surface area contributed by atoms with E-state index in [1.807, 2.05) is 0 Å².